The molecule has 0 aliphatic rings. The summed E-state index contributed by atoms with van der Waals surface area (Å²) < 4.78 is 15.6. The van der Waals surface area contributed by atoms with Crippen LogP contribution in [0.15, 0.2) is 48.5 Å². The van der Waals surface area contributed by atoms with Gasteiger partial charge >= 0.3 is 11.9 Å². The molecule has 0 saturated heterocycles. The van der Waals surface area contributed by atoms with E-state index in [4.69, 9.17) is 14.2 Å². The number of rotatable bonds is 7. The van der Waals surface area contributed by atoms with Crippen LogP contribution >= 0.6 is 0 Å². The van der Waals surface area contributed by atoms with E-state index < -0.39 is 11.9 Å². The smallest absolute Gasteiger partial charge is 0.343 e. The molecule has 24 heavy (non-hydrogen) atoms. The second-order valence-electron chi connectivity index (χ2n) is 5.11. The number of unbranched alkanes of at least 4 members (excludes halogenated alkanes) is 1. The Kier molecular flexibility index (Phi) is 6.37. The van der Waals surface area contributed by atoms with E-state index in [0.717, 1.165) is 12.8 Å². The molecule has 5 heteroatoms. The third-order valence-corrected chi connectivity index (χ3v) is 3.33. The van der Waals surface area contributed by atoms with Gasteiger partial charge < -0.3 is 14.2 Å². The van der Waals surface area contributed by atoms with Gasteiger partial charge in [-0.05, 0) is 36.8 Å². The Bertz CT molecular complexity index is 694. The highest BCUT2D eigenvalue weighted by Gasteiger charge is 2.18. The number of hydrogen-bond acceptors (Lipinski definition) is 5. The molecule has 126 valence electrons. The van der Waals surface area contributed by atoms with Crippen molar-refractivity contribution in [2.45, 2.75) is 19.8 Å². The van der Waals surface area contributed by atoms with Crippen molar-refractivity contribution in [2.24, 2.45) is 0 Å². The van der Waals surface area contributed by atoms with Gasteiger partial charge in [0.2, 0.25) is 0 Å². The van der Waals surface area contributed by atoms with Crippen molar-refractivity contribution < 1.29 is 23.8 Å². The predicted molar refractivity (Wildman–Crippen MR) is 89.6 cm³/mol. The highest BCUT2D eigenvalue weighted by atomic mass is 16.5. The van der Waals surface area contributed by atoms with Gasteiger partial charge in [0.05, 0.1) is 19.3 Å². The van der Waals surface area contributed by atoms with E-state index in [-0.39, 0.29) is 11.1 Å². The molecule has 0 unspecified atom stereocenters. The van der Waals surface area contributed by atoms with Crippen LogP contribution in [0.2, 0.25) is 0 Å². The number of benzene rings is 2. The average molecular weight is 328 g/mol. The fraction of sp³-hybridized carbons (Fsp3) is 0.263. The Morgan fingerprint density at radius 3 is 2.42 bits per heavy atom. The SMILES string of the molecule is CCCCOc1ccc(C(=O)Oc2ccccc2)cc1C(=O)OC. The van der Waals surface area contributed by atoms with Crippen molar-refractivity contribution >= 4 is 11.9 Å². The van der Waals surface area contributed by atoms with Crippen molar-refractivity contribution in [3.63, 3.8) is 0 Å². The van der Waals surface area contributed by atoms with Crippen molar-refractivity contribution in [1.29, 1.82) is 0 Å². The highest BCUT2D eigenvalue weighted by Crippen LogP contribution is 2.23. The van der Waals surface area contributed by atoms with Crippen molar-refractivity contribution in [3.8, 4) is 11.5 Å². The fourth-order valence-electron chi connectivity index (χ4n) is 2.03. The molecule has 2 aromatic rings. The molecule has 0 spiro atoms. The second kappa shape index (κ2) is 8.72. The minimum atomic E-state index is -0.559. The van der Waals surface area contributed by atoms with Crippen LogP contribution in [0.3, 0.4) is 0 Å². The molecule has 0 fully saturated rings. The van der Waals surface area contributed by atoms with Crippen LogP contribution in [0.25, 0.3) is 0 Å². The zero-order valence-corrected chi connectivity index (χ0v) is 13.8. The van der Waals surface area contributed by atoms with Crippen LogP contribution in [0.1, 0.15) is 40.5 Å². The first-order valence-corrected chi connectivity index (χ1v) is 7.78. The summed E-state index contributed by atoms with van der Waals surface area (Å²) in [7, 11) is 1.28. The highest BCUT2D eigenvalue weighted by molar-refractivity contribution is 5.98. The van der Waals surface area contributed by atoms with E-state index >= 15 is 0 Å². The first-order chi connectivity index (χ1) is 11.7. The average Bonchev–Trinajstić information content (AvgIpc) is 2.62. The zero-order chi connectivity index (χ0) is 17.4. The summed E-state index contributed by atoms with van der Waals surface area (Å²) in [6, 6.07) is 13.3. The second-order valence-corrected chi connectivity index (χ2v) is 5.11. The minimum Gasteiger partial charge on any atom is -0.493 e. The molecular formula is C19H20O5. The quantitative estimate of drug-likeness (QED) is 0.438. The Hall–Kier alpha value is -2.82. The van der Waals surface area contributed by atoms with E-state index in [1.807, 2.05) is 13.0 Å². The summed E-state index contributed by atoms with van der Waals surface area (Å²) >= 11 is 0. The van der Waals surface area contributed by atoms with Crippen molar-refractivity contribution in [2.75, 3.05) is 13.7 Å². The maximum Gasteiger partial charge on any atom is 0.343 e. The topological polar surface area (TPSA) is 61.8 Å². The molecule has 0 amide bonds. The van der Waals surface area contributed by atoms with Crippen LogP contribution in [0, 0.1) is 0 Å². The van der Waals surface area contributed by atoms with Crippen LogP contribution in [-0.4, -0.2) is 25.7 Å². The summed E-state index contributed by atoms with van der Waals surface area (Å²) in [5.41, 5.74) is 0.457. The number of ether oxygens (including phenoxy) is 3. The van der Waals surface area contributed by atoms with E-state index in [1.54, 1.807) is 36.4 Å². The minimum absolute atomic E-state index is 0.205. The summed E-state index contributed by atoms with van der Waals surface area (Å²) in [5, 5.41) is 0. The van der Waals surface area contributed by atoms with Crippen molar-refractivity contribution in [1.82, 2.24) is 0 Å². The molecule has 0 bridgehead atoms. The van der Waals surface area contributed by atoms with Crippen LogP contribution in [0.5, 0.6) is 11.5 Å². The van der Waals surface area contributed by atoms with Gasteiger partial charge in [0.1, 0.15) is 17.1 Å². The summed E-state index contributed by atoms with van der Waals surface area (Å²) in [6.45, 7) is 2.54. The number of carbonyl (C=O) groups is 2. The Morgan fingerprint density at radius 1 is 1.00 bits per heavy atom. The van der Waals surface area contributed by atoms with E-state index in [0.29, 0.717) is 18.1 Å². The normalized spacial score (nSPS) is 10.1. The van der Waals surface area contributed by atoms with Crippen LogP contribution in [-0.2, 0) is 4.74 Å². The fourth-order valence-corrected chi connectivity index (χ4v) is 2.03. The largest absolute Gasteiger partial charge is 0.493 e. The van der Waals surface area contributed by atoms with E-state index in [2.05, 4.69) is 0 Å². The first kappa shape index (κ1) is 17.5. The molecule has 0 aliphatic heterocycles. The van der Waals surface area contributed by atoms with Gasteiger partial charge in [-0.25, -0.2) is 9.59 Å². The van der Waals surface area contributed by atoms with Gasteiger partial charge in [0.25, 0.3) is 0 Å². The maximum absolute atomic E-state index is 12.2. The monoisotopic (exact) mass is 328 g/mol. The summed E-state index contributed by atoms with van der Waals surface area (Å²) in [6.07, 6.45) is 1.85. The lowest BCUT2D eigenvalue weighted by atomic mass is 10.1. The molecule has 0 radical (unpaired) electrons. The molecule has 5 nitrogen and oxygen atoms in total. The summed E-state index contributed by atoms with van der Waals surface area (Å²) in [4.78, 5) is 24.2. The van der Waals surface area contributed by atoms with Gasteiger partial charge in [-0.2, -0.15) is 0 Å². The molecule has 0 saturated carbocycles. The maximum atomic E-state index is 12.2. The van der Waals surface area contributed by atoms with Crippen molar-refractivity contribution in [3.05, 3.63) is 59.7 Å². The lowest BCUT2D eigenvalue weighted by Gasteiger charge is -2.11. The molecule has 2 aromatic carbocycles. The molecule has 0 aromatic heterocycles. The molecular weight excluding hydrogens is 308 g/mol. The standard InChI is InChI=1S/C19H20O5/c1-3-4-12-23-17-11-10-14(13-16(17)19(21)22-2)18(20)24-15-8-6-5-7-9-15/h5-11,13H,3-4,12H2,1-2H3. The number of para-hydroxylation sites is 1. The molecule has 0 heterocycles. The lowest BCUT2D eigenvalue weighted by molar-refractivity contribution is 0.0596. The zero-order valence-electron chi connectivity index (χ0n) is 13.8. The molecule has 0 N–H and O–H groups in total. The Balaban J connectivity index is 2.21. The third-order valence-electron chi connectivity index (χ3n) is 3.33. The third kappa shape index (κ3) is 4.59. The van der Waals surface area contributed by atoms with Gasteiger partial charge in [-0.15, -0.1) is 0 Å². The Morgan fingerprint density at radius 2 is 1.75 bits per heavy atom. The molecule has 0 atom stereocenters. The van der Waals surface area contributed by atoms with Crippen LogP contribution in [0.4, 0.5) is 0 Å². The molecule has 0 aliphatic carbocycles. The number of hydrogen-bond donors (Lipinski definition) is 0. The van der Waals surface area contributed by atoms with Crippen LogP contribution < -0.4 is 9.47 Å². The Labute approximate surface area is 141 Å². The van der Waals surface area contributed by atoms with Gasteiger partial charge in [0.15, 0.2) is 0 Å². The summed E-state index contributed by atoms with van der Waals surface area (Å²) in [5.74, 6) is -0.278. The number of esters is 2. The van der Waals surface area contributed by atoms with Gasteiger partial charge in [-0.1, -0.05) is 31.5 Å². The first-order valence-electron chi connectivity index (χ1n) is 7.78. The van der Waals surface area contributed by atoms with Gasteiger partial charge in [-0.3, -0.25) is 0 Å². The predicted octanol–water partition coefficient (Wildman–Crippen LogP) is 3.87. The number of carbonyl (C=O) groups excluding carboxylic acids is 2. The molecule has 2 rings (SSSR count). The van der Waals surface area contributed by atoms with Gasteiger partial charge in [0, 0.05) is 0 Å². The van der Waals surface area contributed by atoms with E-state index in [9.17, 15) is 9.59 Å². The van der Waals surface area contributed by atoms with E-state index in [1.165, 1.54) is 13.2 Å². The lowest BCUT2D eigenvalue weighted by Crippen LogP contribution is -2.12. The number of methoxy groups -OCH3 is 1.